The first-order valence-corrected chi connectivity index (χ1v) is 6.61. The molecule has 1 aromatic rings. The van der Waals surface area contributed by atoms with E-state index in [-0.39, 0.29) is 0 Å². The lowest BCUT2D eigenvalue weighted by Crippen LogP contribution is -2.34. The Kier molecular flexibility index (Phi) is 4.98. The molecule has 4 nitrogen and oxygen atoms in total. The fraction of sp³-hybridized carbons (Fsp3) is 0.571. The molecule has 0 aliphatic carbocycles. The third kappa shape index (κ3) is 3.71. The summed E-state index contributed by atoms with van der Waals surface area (Å²) in [6.45, 7) is 1.77. The van der Waals surface area contributed by atoms with Gasteiger partial charge < -0.3 is 10.1 Å². The van der Waals surface area contributed by atoms with Gasteiger partial charge in [-0.05, 0) is 44.4 Å². The summed E-state index contributed by atoms with van der Waals surface area (Å²) in [6.07, 6.45) is 7.68. The lowest BCUT2D eigenvalue weighted by Gasteiger charge is -2.23. The minimum absolute atomic E-state index is 0.455. The molecule has 0 radical (unpaired) electrons. The summed E-state index contributed by atoms with van der Waals surface area (Å²) in [5.41, 5.74) is 0.508. The average molecular weight is 245 g/mol. The van der Waals surface area contributed by atoms with Crippen molar-refractivity contribution in [1.29, 1.82) is 5.26 Å². The molecule has 1 fully saturated rings. The van der Waals surface area contributed by atoms with Crippen LogP contribution >= 0.6 is 0 Å². The first-order valence-electron chi connectivity index (χ1n) is 6.61. The van der Waals surface area contributed by atoms with Gasteiger partial charge in [-0.2, -0.15) is 5.26 Å². The summed E-state index contributed by atoms with van der Waals surface area (Å²) in [4.78, 5) is 4.07. The number of nitrogens with one attached hydrogen (secondary N) is 1. The zero-order valence-electron chi connectivity index (χ0n) is 10.6. The first kappa shape index (κ1) is 12.8. The molecule has 1 N–H and O–H groups in total. The van der Waals surface area contributed by atoms with Crippen molar-refractivity contribution in [2.24, 2.45) is 0 Å². The smallest absolute Gasteiger partial charge is 0.231 e. The number of hydrogen-bond donors (Lipinski definition) is 1. The number of pyridine rings is 1. The SMILES string of the molecule is N#Cc1cccnc1OCCC[C@H]1CCCCN1. The molecule has 0 bridgehead atoms. The largest absolute Gasteiger partial charge is 0.477 e. The minimum atomic E-state index is 0.455. The maximum atomic E-state index is 8.90. The number of ether oxygens (including phenoxy) is 1. The lowest BCUT2D eigenvalue weighted by molar-refractivity contribution is 0.276. The van der Waals surface area contributed by atoms with E-state index in [1.165, 1.54) is 19.3 Å². The molecule has 4 heteroatoms. The Morgan fingerprint density at radius 3 is 3.22 bits per heavy atom. The summed E-state index contributed by atoms with van der Waals surface area (Å²) in [5.74, 6) is 0.455. The van der Waals surface area contributed by atoms with Crippen LogP contribution in [0.5, 0.6) is 5.88 Å². The highest BCUT2D eigenvalue weighted by molar-refractivity contribution is 5.36. The molecule has 0 spiro atoms. The summed E-state index contributed by atoms with van der Waals surface area (Å²) in [7, 11) is 0. The minimum Gasteiger partial charge on any atom is -0.477 e. The van der Waals surface area contributed by atoms with Gasteiger partial charge in [0.05, 0.1) is 6.61 Å². The zero-order valence-corrected chi connectivity index (χ0v) is 10.6. The maximum Gasteiger partial charge on any atom is 0.231 e. The van der Waals surface area contributed by atoms with Crippen molar-refractivity contribution in [3.63, 3.8) is 0 Å². The molecule has 0 amide bonds. The quantitative estimate of drug-likeness (QED) is 0.808. The average Bonchev–Trinajstić information content (AvgIpc) is 2.45. The number of piperidine rings is 1. The standard InChI is InChI=1S/C14H19N3O/c15-11-12-5-3-9-17-14(12)18-10-4-7-13-6-1-2-8-16-13/h3,5,9,13,16H,1-2,4,6-8,10H2/t13-/m1/s1. The highest BCUT2D eigenvalue weighted by Crippen LogP contribution is 2.15. The van der Waals surface area contributed by atoms with Gasteiger partial charge in [0.25, 0.3) is 0 Å². The van der Waals surface area contributed by atoms with Crippen molar-refractivity contribution in [3.05, 3.63) is 23.9 Å². The normalized spacial score (nSPS) is 19.2. The molecule has 0 aromatic carbocycles. The summed E-state index contributed by atoms with van der Waals surface area (Å²) < 4.78 is 5.56. The van der Waals surface area contributed by atoms with E-state index in [4.69, 9.17) is 10.00 Å². The highest BCUT2D eigenvalue weighted by atomic mass is 16.5. The van der Waals surface area contributed by atoms with Crippen LogP contribution in [0.15, 0.2) is 18.3 Å². The van der Waals surface area contributed by atoms with Gasteiger partial charge in [0.15, 0.2) is 0 Å². The van der Waals surface area contributed by atoms with Crippen molar-refractivity contribution < 1.29 is 4.74 Å². The van der Waals surface area contributed by atoms with Crippen LogP contribution in [0.2, 0.25) is 0 Å². The lowest BCUT2D eigenvalue weighted by atomic mass is 10.0. The Morgan fingerprint density at radius 2 is 2.44 bits per heavy atom. The topological polar surface area (TPSA) is 57.9 Å². The van der Waals surface area contributed by atoms with Gasteiger partial charge in [-0.15, -0.1) is 0 Å². The van der Waals surface area contributed by atoms with E-state index in [9.17, 15) is 0 Å². The molecule has 2 rings (SSSR count). The summed E-state index contributed by atoms with van der Waals surface area (Å²) in [5, 5.41) is 12.4. The number of aromatic nitrogens is 1. The molecule has 18 heavy (non-hydrogen) atoms. The summed E-state index contributed by atoms with van der Waals surface area (Å²) in [6, 6.07) is 6.20. The second-order valence-electron chi connectivity index (χ2n) is 4.61. The highest BCUT2D eigenvalue weighted by Gasteiger charge is 2.12. The van der Waals surface area contributed by atoms with Crippen molar-refractivity contribution in [1.82, 2.24) is 10.3 Å². The summed E-state index contributed by atoms with van der Waals surface area (Å²) >= 11 is 0. The van der Waals surface area contributed by atoms with Gasteiger partial charge in [-0.25, -0.2) is 4.98 Å². The van der Waals surface area contributed by atoms with E-state index in [2.05, 4.69) is 16.4 Å². The van der Waals surface area contributed by atoms with Crippen LogP contribution in [0.4, 0.5) is 0 Å². The van der Waals surface area contributed by atoms with E-state index in [1.807, 2.05) is 0 Å². The van der Waals surface area contributed by atoms with E-state index in [0.717, 1.165) is 19.4 Å². The van der Waals surface area contributed by atoms with Crippen LogP contribution in [-0.4, -0.2) is 24.2 Å². The Labute approximate surface area is 108 Å². The van der Waals surface area contributed by atoms with Crippen LogP contribution in [0.1, 0.15) is 37.7 Å². The van der Waals surface area contributed by atoms with E-state index >= 15 is 0 Å². The van der Waals surface area contributed by atoms with E-state index in [1.54, 1.807) is 18.3 Å². The molecule has 1 aliphatic rings. The van der Waals surface area contributed by atoms with Crippen LogP contribution in [0.25, 0.3) is 0 Å². The van der Waals surface area contributed by atoms with Gasteiger partial charge in [0.1, 0.15) is 11.6 Å². The third-order valence-electron chi connectivity index (χ3n) is 3.24. The van der Waals surface area contributed by atoms with Gasteiger partial charge in [0.2, 0.25) is 5.88 Å². The Balaban J connectivity index is 1.70. The van der Waals surface area contributed by atoms with Crippen molar-refractivity contribution in [3.8, 4) is 11.9 Å². The molecule has 1 atom stereocenters. The second kappa shape index (κ2) is 6.97. The van der Waals surface area contributed by atoms with Crippen LogP contribution < -0.4 is 10.1 Å². The van der Waals surface area contributed by atoms with Crippen molar-refractivity contribution >= 4 is 0 Å². The van der Waals surface area contributed by atoms with Gasteiger partial charge in [-0.3, -0.25) is 0 Å². The van der Waals surface area contributed by atoms with Crippen LogP contribution in [-0.2, 0) is 0 Å². The third-order valence-corrected chi connectivity index (χ3v) is 3.24. The molecule has 0 unspecified atom stereocenters. The molecule has 1 saturated heterocycles. The number of rotatable bonds is 5. The molecule has 0 saturated carbocycles. The fourth-order valence-corrected chi connectivity index (χ4v) is 2.26. The molecular weight excluding hydrogens is 226 g/mol. The van der Waals surface area contributed by atoms with Crippen molar-refractivity contribution in [2.45, 2.75) is 38.1 Å². The Hall–Kier alpha value is -1.60. The van der Waals surface area contributed by atoms with E-state index < -0.39 is 0 Å². The van der Waals surface area contributed by atoms with Crippen molar-refractivity contribution in [2.75, 3.05) is 13.2 Å². The number of hydrogen-bond acceptors (Lipinski definition) is 4. The Morgan fingerprint density at radius 1 is 1.50 bits per heavy atom. The van der Waals surface area contributed by atoms with Gasteiger partial charge >= 0.3 is 0 Å². The molecule has 1 aromatic heterocycles. The predicted molar refractivity (Wildman–Crippen MR) is 69.3 cm³/mol. The Bertz CT molecular complexity index is 408. The molecule has 96 valence electrons. The van der Waals surface area contributed by atoms with E-state index in [0.29, 0.717) is 24.1 Å². The predicted octanol–water partition coefficient (Wildman–Crippen LogP) is 2.25. The first-order chi connectivity index (χ1) is 8.90. The zero-order chi connectivity index (χ0) is 12.6. The molecular formula is C14H19N3O. The van der Waals surface area contributed by atoms with Gasteiger partial charge in [-0.1, -0.05) is 6.42 Å². The fourth-order valence-electron chi connectivity index (χ4n) is 2.26. The molecule has 2 heterocycles. The number of nitriles is 1. The van der Waals surface area contributed by atoms with Gasteiger partial charge in [0, 0.05) is 12.2 Å². The maximum absolute atomic E-state index is 8.90. The van der Waals surface area contributed by atoms with Crippen LogP contribution in [0.3, 0.4) is 0 Å². The second-order valence-corrected chi connectivity index (χ2v) is 4.61. The van der Waals surface area contributed by atoms with Crippen LogP contribution in [0, 0.1) is 11.3 Å². The monoisotopic (exact) mass is 245 g/mol. The molecule has 1 aliphatic heterocycles. The number of nitrogens with zero attached hydrogens (tertiary/aromatic N) is 2.